The molecular formula is C51H54Cl2Zr. The molecule has 54 heavy (non-hydrogen) atoms. The molecule has 276 valence electrons. The van der Waals surface area contributed by atoms with Crippen molar-refractivity contribution >= 4 is 49.6 Å². The third kappa shape index (κ3) is 10.3. The van der Waals surface area contributed by atoms with Gasteiger partial charge in [-0.3, -0.25) is 6.08 Å². The molecule has 6 aromatic rings. The first-order valence-corrected chi connectivity index (χ1v) is 19.9. The van der Waals surface area contributed by atoms with Crippen LogP contribution < -0.4 is 0 Å². The fraction of sp³-hybridized carbons (Fsp3) is 0.275. The Morgan fingerprint density at radius 3 is 1.65 bits per heavy atom. The molecule has 0 aromatic heterocycles. The van der Waals surface area contributed by atoms with Crippen LogP contribution in [0.1, 0.15) is 92.5 Å². The summed E-state index contributed by atoms with van der Waals surface area (Å²) in [6, 6.07) is 41.6. The minimum atomic E-state index is 0. The van der Waals surface area contributed by atoms with E-state index in [0.29, 0.717) is 0 Å². The number of fused-ring (bicyclic) bond motifs is 5. The molecule has 0 saturated carbocycles. The van der Waals surface area contributed by atoms with Crippen LogP contribution in [-0.4, -0.2) is 3.21 Å². The molecule has 2 aliphatic rings. The zero-order chi connectivity index (χ0) is 37.0. The minimum absolute atomic E-state index is 0. The first kappa shape index (κ1) is 43.4. The molecule has 0 nitrogen and oxygen atoms in total. The molecule has 3 heteroatoms. The number of benzene rings is 6. The van der Waals surface area contributed by atoms with Crippen LogP contribution in [-0.2, 0) is 54.3 Å². The average molecular weight is 829 g/mol. The molecular weight excluding hydrogens is 775 g/mol. The molecule has 6 aromatic carbocycles. The van der Waals surface area contributed by atoms with Gasteiger partial charge in [-0.2, -0.15) is 23.8 Å². The molecule has 0 radical (unpaired) electrons. The van der Waals surface area contributed by atoms with E-state index in [9.17, 15) is 0 Å². The number of rotatable bonds is 4. The van der Waals surface area contributed by atoms with Gasteiger partial charge in [0.15, 0.2) is 0 Å². The summed E-state index contributed by atoms with van der Waals surface area (Å²) in [7, 11) is 0. The van der Waals surface area contributed by atoms with E-state index in [1.54, 1.807) is 3.21 Å². The number of hydrogen-bond acceptors (Lipinski definition) is 0. The van der Waals surface area contributed by atoms with Crippen LogP contribution >= 0.6 is 24.8 Å². The fourth-order valence-corrected chi connectivity index (χ4v) is 8.71. The molecule has 0 aliphatic heterocycles. The van der Waals surface area contributed by atoms with E-state index in [0.717, 1.165) is 25.7 Å². The standard InChI is InChI=1S/C23H18.C23H29.C5H5.2ClH.Zr/c1-3-16-22-18(8-1)10-5-12-20(22)14-7-15-21-13-6-11-19-9-2-4-17-23(19)21;1-14-9-16-11-17-10-15(2)21(23(6,7)8)13-19(17)18(16)12-20(14)22(3,4)5;1-2-4-5-3-1;;;/h1-6,8-13,16-17H,14-15H2;9,12-13H,11H2,1-8H3;1-3H,4H2;2*1H;/q;2*-1;;;+2. The van der Waals surface area contributed by atoms with Gasteiger partial charge in [0.1, 0.15) is 0 Å². The number of aryl methyl sites for hydroxylation is 2. The number of allylic oxidation sites excluding steroid dienone is 4. The first-order valence-electron chi connectivity index (χ1n) is 18.7. The van der Waals surface area contributed by atoms with Crippen molar-refractivity contribution in [1.82, 2.24) is 0 Å². The molecule has 0 heterocycles. The van der Waals surface area contributed by atoms with Gasteiger partial charge in [-0.25, -0.2) is 12.2 Å². The zero-order valence-electron chi connectivity index (χ0n) is 33.2. The summed E-state index contributed by atoms with van der Waals surface area (Å²) in [4.78, 5) is 0. The maximum atomic E-state index is 3.69. The van der Waals surface area contributed by atoms with E-state index in [-0.39, 0.29) is 35.6 Å². The van der Waals surface area contributed by atoms with Crippen molar-refractivity contribution in [2.75, 3.05) is 0 Å². The normalized spacial score (nSPS) is 12.5. The maximum absolute atomic E-state index is 3.69. The monoisotopic (exact) mass is 826 g/mol. The van der Waals surface area contributed by atoms with Crippen molar-refractivity contribution in [3.63, 3.8) is 0 Å². The second-order valence-corrected chi connectivity index (χ2v) is 18.2. The van der Waals surface area contributed by atoms with E-state index in [1.807, 2.05) is 12.2 Å². The van der Waals surface area contributed by atoms with E-state index in [2.05, 4.69) is 177 Å². The Balaban J connectivity index is 0.000000206. The van der Waals surface area contributed by atoms with Gasteiger partial charge in [-0.15, -0.1) is 47.9 Å². The molecule has 0 fully saturated rings. The van der Waals surface area contributed by atoms with Crippen molar-refractivity contribution in [3.8, 4) is 11.1 Å². The number of halogens is 2. The molecule has 0 spiro atoms. The summed E-state index contributed by atoms with van der Waals surface area (Å²) >= 11 is 1.53. The Kier molecular flexibility index (Phi) is 14.9. The third-order valence-corrected chi connectivity index (χ3v) is 11.1. The van der Waals surface area contributed by atoms with Crippen LogP contribution in [0.25, 0.3) is 32.7 Å². The van der Waals surface area contributed by atoms with E-state index >= 15 is 0 Å². The van der Waals surface area contributed by atoms with Gasteiger partial charge in [-0.05, 0) is 35.4 Å². The third-order valence-electron chi connectivity index (χ3n) is 10.2. The molecule has 0 saturated heterocycles. The quantitative estimate of drug-likeness (QED) is 0.155. The Labute approximate surface area is 352 Å². The van der Waals surface area contributed by atoms with Gasteiger partial charge in [0.2, 0.25) is 0 Å². The summed E-state index contributed by atoms with van der Waals surface area (Å²) in [6.07, 6.45) is 13.2. The van der Waals surface area contributed by atoms with E-state index < -0.39 is 0 Å². The van der Waals surface area contributed by atoms with Crippen LogP contribution in [0, 0.1) is 26.0 Å². The second-order valence-electron chi connectivity index (χ2n) is 16.4. The van der Waals surface area contributed by atoms with Gasteiger partial charge in [0.05, 0.1) is 0 Å². The Bertz CT molecular complexity index is 2140. The average Bonchev–Trinajstić information content (AvgIpc) is 3.79. The summed E-state index contributed by atoms with van der Waals surface area (Å²) < 4.78 is 1.59. The Hall–Kier alpha value is -3.35. The topological polar surface area (TPSA) is 0 Å². The van der Waals surface area contributed by atoms with Crippen LogP contribution in [0.3, 0.4) is 0 Å². The molecule has 0 unspecified atom stereocenters. The van der Waals surface area contributed by atoms with Crippen molar-refractivity contribution in [1.29, 1.82) is 0 Å². The van der Waals surface area contributed by atoms with Crippen LogP contribution in [0.5, 0.6) is 0 Å². The number of hydrogen-bond donors (Lipinski definition) is 0. The summed E-state index contributed by atoms with van der Waals surface area (Å²) in [5.41, 5.74) is 14.5. The van der Waals surface area contributed by atoms with Gasteiger partial charge < -0.3 is 0 Å². The van der Waals surface area contributed by atoms with Crippen LogP contribution in [0.2, 0.25) is 0 Å². The molecule has 8 rings (SSSR count). The SMILES string of the molecule is Cc1[c-]c2c(cc1C(C)(C)C)-c1cc(C(C)(C)C)c(C)cc1C2.Cl.Cl.[C-]1=CC=CC1.[Zr+2]=[C](Cc1cccc2ccccc12)Cc1cccc2ccccc12. The van der Waals surface area contributed by atoms with Gasteiger partial charge in [0.25, 0.3) is 0 Å². The van der Waals surface area contributed by atoms with Gasteiger partial charge in [-0.1, -0.05) is 71.6 Å². The van der Waals surface area contributed by atoms with Crippen LogP contribution in [0.15, 0.2) is 121 Å². The van der Waals surface area contributed by atoms with E-state index in [1.165, 1.54) is 101 Å². The molecule has 0 bridgehead atoms. The fourth-order valence-electron chi connectivity index (χ4n) is 7.78. The van der Waals surface area contributed by atoms with Crippen molar-refractivity contribution in [2.45, 2.75) is 91.9 Å². The van der Waals surface area contributed by atoms with E-state index in [4.69, 9.17) is 0 Å². The molecule has 2 aliphatic carbocycles. The van der Waals surface area contributed by atoms with Crippen molar-refractivity contribution < 1.29 is 24.2 Å². The summed E-state index contributed by atoms with van der Waals surface area (Å²) in [5.74, 6) is 0. The predicted molar refractivity (Wildman–Crippen MR) is 237 cm³/mol. The molecule has 0 atom stereocenters. The summed E-state index contributed by atoms with van der Waals surface area (Å²) in [5, 5.41) is 5.45. The Morgan fingerprint density at radius 2 is 1.17 bits per heavy atom. The first-order chi connectivity index (χ1) is 24.8. The summed E-state index contributed by atoms with van der Waals surface area (Å²) in [6.45, 7) is 18.2. The van der Waals surface area contributed by atoms with Gasteiger partial charge >= 0.3 is 158 Å². The van der Waals surface area contributed by atoms with Crippen LogP contribution in [0.4, 0.5) is 0 Å². The molecule has 0 N–H and O–H groups in total. The zero-order valence-corrected chi connectivity index (χ0v) is 37.3. The Morgan fingerprint density at radius 1 is 0.648 bits per heavy atom. The van der Waals surface area contributed by atoms with Crippen molar-refractivity contribution in [3.05, 3.63) is 178 Å². The second kappa shape index (κ2) is 18.5. The predicted octanol–water partition coefficient (Wildman–Crippen LogP) is 13.9. The van der Waals surface area contributed by atoms with Gasteiger partial charge in [0, 0.05) is 0 Å². The molecule has 0 amide bonds. The van der Waals surface area contributed by atoms with Crippen molar-refractivity contribution in [2.24, 2.45) is 0 Å².